The van der Waals surface area contributed by atoms with Gasteiger partial charge in [0.25, 0.3) is 0 Å². The van der Waals surface area contributed by atoms with E-state index in [-0.39, 0.29) is 11.8 Å². The van der Waals surface area contributed by atoms with Crippen molar-refractivity contribution in [3.05, 3.63) is 199 Å². The van der Waals surface area contributed by atoms with E-state index >= 15 is 0 Å². The van der Waals surface area contributed by atoms with Crippen LogP contribution in [0.3, 0.4) is 0 Å². The van der Waals surface area contributed by atoms with Crippen molar-refractivity contribution in [1.29, 1.82) is 0 Å². The van der Waals surface area contributed by atoms with E-state index in [1.54, 1.807) is 0 Å². The molecule has 0 amide bonds. The fourth-order valence-electron chi connectivity index (χ4n) is 9.96. The van der Waals surface area contributed by atoms with E-state index in [2.05, 4.69) is 177 Å². The van der Waals surface area contributed by atoms with E-state index in [0.29, 0.717) is 0 Å². The van der Waals surface area contributed by atoms with Gasteiger partial charge in [0.2, 0.25) is 0 Å². The summed E-state index contributed by atoms with van der Waals surface area (Å²) in [5.74, 6) is 0.333. The van der Waals surface area contributed by atoms with Gasteiger partial charge in [-0.2, -0.15) is 0 Å². The molecule has 4 nitrogen and oxygen atoms in total. The van der Waals surface area contributed by atoms with E-state index in [4.69, 9.17) is 0 Å². The molecular formula is C51H34N4. The van der Waals surface area contributed by atoms with Crippen LogP contribution in [-0.4, -0.2) is 19.1 Å². The summed E-state index contributed by atoms with van der Waals surface area (Å²) >= 11 is 0. The molecule has 12 rings (SSSR count). The van der Waals surface area contributed by atoms with E-state index in [0.717, 1.165) is 17.5 Å². The number of fused-ring (bicyclic) bond motifs is 11. The second kappa shape index (κ2) is 11.7. The van der Waals surface area contributed by atoms with Crippen LogP contribution in [0.1, 0.15) is 12.0 Å². The van der Waals surface area contributed by atoms with E-state index in [1.165, 1.54) is 87.1 Å². The first-order chi connectivity index (χ1) is 27.3. The van der Waals surface area contributed by atoms with Gasteiger partial charge in [-0.05, 0) is 57.8 Å². The average Bonchev–Trinajstić information content (AvgIpc) is 3.57. The first-order valence-electron chi connectivity index (χ1n) is 19.1. The number of aromatic nitrogens is 4. The molecule has 2 bridgehead atoms. The Morgan fingerprint density at radius 3 is 1.53 bits per heavy atom. The number of para-hydroxylation sites is 2. The van der Waals surface area contributed by atoms with Crippen molar-refractivity contribution < 1.29 is 0 Å². The lowest BCUT2D eigenvalue weighted by atomic mass is 9.81. The number of hydrogen-bond donors (Lipinski definition) is 0. The van der Waals surface area contributed by atoms with Crippen LogP contribution in [0.25, 0.3) is 82.1 Å². The molecule has 0 saturated heterocycles. The monoisotopic (exact) mass is 702 g/mol. The molecule has 2 atom stereocenters. The highest BCUT2D eigenvalue weighted by Gasteiger charge is 2.31. The zero-order valence-corrected chi connectivity index (χ0v) is 30.0. The van der Waals surface area contributed by atoms with Gasteiger partial charge in [-0.1, -0.05) is 133 Å². The molecule has 10 aromatic rings. The van der Waals surface area contributed by atoms with E-state index < -0.39 is 0 Å². The van der Waals surface area contributed by atoms with Gasteiger partial charge in [-0.15, -0.1) is 0 Å². The molecule has 55 heavy (non-hydrogen) atoms. The maximum atomic E-state index is 4.66. The molecule has 0 aliphatic heterocycles. The summed E-state index contributed by atoms with van der Waals surface area (Å²) < 4.78 is 4.96. The highest BCUT2D eigenvalue weighted by Crippen LogP contribution is 2.46. The van der Waals surface area contributed by atoms with Crippen LogP contribution in [0.2, 0.25) is 0 Å². The molecule has 0 spiro atoms. The standard InChI is InChI=1S/C51H34N4/c1-2-14-33-29-32(13-1)48(38-17-3-6-20-41(38)50(33)54-44-23-11-9-15-34(44)36-25-27-52-30-46(36)54)49-39-18-4-7-21-42(39)51(43-22-8-5-19-40(43)49)55-45-24-12-10-16-35(45)37-26-28-53-31-47(37)55/h1-28,30-33H,29H2. The summed E-state index contributed by atoms with van der Waals surface area (Å²) in [6.45, 7) is 0. The summed E-state index contributed by atoms with van der Waals surface area (Å²) in [4.78, 5) is 9.31. The second-order valence-electron chi connectivity index (χ2n) is 14.9. The molecule has 0 fully saturated rings. The zero-order valence-electron chi connectivity index (χ0n) is 30.0. The summed E-state index contributed by atoms with van der Waals surface area (Å²) in [5.41, 5.74) is 9.82. The first kappa shape index (κ1) is 30.4. The fraction of sp³-hybridized carbons (Fsp3) is 0.0588. The van der Waals surface area contributed by atoms with Gasteiger partial charge < -0.3 is 9.13 Å². The molecule has 0 radical (unpaired) electrons. The van der Waals surface area contributed by atoms with Crippen LogP contribution in [0.5, 0.6) is 0 Å². The maximum absolute atomic E-state index is 4.66. The van der Waals surface area contributed by atoms with Gasteiger partial charge in [0.1, 0.15) is 0 Å². The Morgan fingerprint density at radius 2 is 0.891 bits per heavy atom. The highest BCUT2D eigenvalue weighted by molar-refractivity contribution is 6.19. The van der Waals surface area contributed by atoms with E-state index in [1.807, 2.05) is 24.8 Å². The fourth-order valence-corrected chi connectivity index (χ4v) is 9.96. The van der Waals surface area contributed by atoms with Crippen LogP contribution in [0.4, 0.5) is 0 Å². The first-order valence-corrected chi connectivity index (χ1v) is 19.1. The Labute approximate surface area is 316 Å². The highest BCUT2D eigenvalue weighted by atomic mass is 15.0. The molecule has 6 aromatic carbocycles. The number of nitrogens with zero attached hydrogens (tertiary/aromatic N) is 4. The van der Waals surface area contributed by atoms with Crippen molar-refractivity contribution >= 4 is 76.4 Å². The number of pyridine rings is 2. The van der Waals surface area contributed by atoms with Gasteiger partial charge in [-0.25, -0.2) is 0 Å². The summed E-state index contributed by atoms with van der Waals surface area (Å²) in [6.07, 6.45) is 18.2. The number of rotatable bonds is 3. The molecule has 4 aromatic heterocycles. The molecule has 0 N–H and O–H groups in total. The summed E-state index contributed by atoms with van der Waals surface area (Å²) in [7, 11) is 0. The quantitative estimate of drug-likeness (QED) is 0.172. The predicted octanol–water partition coefficient (Wildman–Crippen LogP) is 10.6. The van der Waals surface area contributed by atoms with Crippen LogP contribution >= 0.6 is 0 Å². The van der Waals surface area contributed by atoms with Gasteiger partial charge >= 0.3 is 0 Å². The third kappa shape index (κ3) is 4.28. The molecule has 258 valence electrons. The van der Waals surface area contributed by atoms with Crippen LogP contribution in [0.15, 0.2) is 183 Å². The maximum Gasteiger partial charge on any atom is 0.0724 e. The zero-order chi connectivity index (χ0) is 36.0. The SMILES string of the molecule is C1=CC2CC(C=C1)C(n1c3ccccc3c3ccncc31)=c1ccccc1=C2c1c2ccccc2c(-n2c3ccccc3c3ccncc32)c2ccccc12. The Kier molecular flexibility index (Phi) is 6.49. The third-order valence-corrected chi connectivity index (χ3v) is 12.1. The van der Waals surface area contributed by atoms with Crippen molar-refractivity contribution in [2.24, 2.45) is 11.8 Å². The van der Waals surface area contributed by atoms with Crippen molar-refractivity contribution in [1.82, 2.24) is 19.1 Å². The molecule has 0 saturated carbocycles. The largest absolute Gasteiger partial charge is 0.310 e. The Morgan fingerprint density at radius 1 is 0.418 bits per heavy atom. The third-order valence-electron chi connectivity index (χ3n) is 12.1. The van der Waals surface area contributed by atoms with E-state index in [9.17, 15) is 0 Å². The molecular weight excluding hydrogens is 669 g/mol. The van der Waals surface area contributed by atoms with Crippen LogP contribution in [0, 0.1) is 11.8 Å². The average molecular weight is 703 g/mol. The minimum absolute atomic E-state index is 0.166. The lowest BCUT2D eigenvalue weighted by Gasteiger charge is -2.25. The molecule has 2 aliphatic rings. The minimum Gasteiger partial charge on any atom is -0.310 e. The molecule has 2 aliphatic carbocycles. The van der Waals surface area contributed by atoms with Crippen molar-refractivity contribution in [2.45, 2.75) is 6.42 Å². The number of allylic oxidation sites excluding steroid dienone is 4. The molecule has 4 heterocycles. The topological polar surface area (TPSA) is 35.6 Å². The Bertz CT molecular complexity index is 3270. The van der Waals surface area contributed by atoms with Crippen molar-refractivity contribution in [3.63, 3.8) is 0 Å². The van der Waals surface area contributed by atoms with Gasteiger partial charge in [0, 0.05) is 67.5 Å². The number of hydrogen-bond acceptors (Lipinski definition) is 2. The van der Waals surface area contributed by atoms with Gasteiger partial charge in [-0.3, -0.25) is 9.97 Å². The van der Waals surface area contributed by atoms with Gasteiger partial charge in [0.05, 0.1) is 40.1 Å². The minimum atomic E-state index is 0.166. The Balaban J connectivity index is 1.28. The van der Waals surface area contributed by atoms with Gasteiger partial charge in [0.15, 0.2) is 0 Å². The second-order valence-corrected chi connectivity index (χ2v) is 14.9. The normalized spacial score (nSPS) is 16.8. The predicted molar refractivity (Wildman–Crippen MR) is 228 cm³/mol. The molecule has 2 unspecified atom stereocenters. The summed E-state index contributed by atoms with van der Waals surface area (Å²) in [6, 6.07) is 49.1. The summed E-state index contributed by atoms with van der Waals surface area (Å²) in [5, 5.41) is 12.4. The molecule has 4 heteroatoms. The smallest absolute Gasteiger partial charge is 0.0724 e. The number of benzene rings is 6. The van der Waals surface area contributed by atoms with Crippen LogP contribution in [-0.2, 0) is 0 Å². The lowest BCUT2D eigenvalue weighted by Crippen LogP contribution is -2.32. The lowest BCUT2D eigenvalue weighted by molar-refractivity contribution is 0.642. The Hall–Kier alpha value is -7.04. The van der Waals surface area contributed by atoms with Crippen molar-refractivity contribution in [3.8, 4) is 5.69 Å². The van der Waals surface area contributed by atoms with Crippen molar-refractivity contribution in [2.75, 3.05) is 0 Å². The van der Waals surface area contributed by atoms with Crippen LogP contribution < -0.4 is 10.4 Å².